The summed E-state index contributed by atoms with van der Waals surface area (Å²) in [6.07, 6.45) is 6.36. The Morgan fingerprint density at radius 3 is 2.35 bits per heavy atom. The van der Waals surface area contributed by atoms with Crippen LogP contribution >= 0.6 is 0 Å². The van der Waals surface area contributed by atoms with Gasteiger partial charge >= 0.3 is 5.97 Å². The van der Waals surface area contributed by atoms with Gasteiger partial charge in [0.1, 0.15) is 22.8 Å². The van der Waals surface area contributed by atoms with Gasteiger partial charge in [-0.15, -0.1) is 0 Å². The minimum atomic E-state index is -3.23. The Bertz CT molecular complexity index is 633. The standard InChI is InChI=1S/C14H18O5S/c15-14(16)12-10-7-20(17,18)8-11(10)19-13(12)9-5-3-1-2-4-6-9/h9H,1-8H2,(H,15,16). The zero-order valence-corrected chi connectivity index (χ0v) is 12.0. The van der Waals surface area contributed by atoms with Crippen molar-refractivity contribution in [3.63, 3.8) is 0 Å². The number of fused-ring (bicyclic) bond motifs is 1. The Labute approximate surface area is 117 Å². The van der Waals surface area contributed by atoms with Gasteiger partial charge in [0.15, 0.2) is 9.84 Å². The van der Waals surface area contributed by atoms with Crippen molar-refractivity contribution in [1.29, 1.82) is 0 Å². The second-order valence-corrected chi connectivity index (χ2v) is 7.83. The van der Waals surface area contributed by atoms with Gasteiger partial charge in [-0.2, -0.15) is 0 Å². The fraction of sp³-hybridized carbons (Fsp3) is 0.643. The van der Waals surface area contributed by atoms with Crippen molar-refractivity contribution < 1.29 is 22.7 Å². The van der Waals surface area contributed by atoms with Crippen molar-refractivity contribution >= 4 is 15.8 Å². The zero-order chi connectivity index (χ0) is 14.3. The highest BCUT2D eigenvalue weighted by Crippen LogP contribution is 2.40. The largest absolute Gasteiger partial charge is 0.478 e. The molecule has 2 heterocycles. The lowest BCUT2D eigenvalue weighted by Gasteiger charge is -2.12. The summed E-state index contributed by atoms with van der Waals surface area (Å²) in [6, 6.07) is 0. The summed E-state index contributed by atoms with van der Waals surface area (Å²) in [6.45, 7) is 0. The predicted octanol–water partition coefficient (Wildman–Crippen LogP) is 2.84. The van der Waals surface area contributed by atoms with Gasteiger partial charge in [0.25, 0.3) is 0 Å². The van der Waals surface area contributed by atoms with Crippen molar-refractivity contribution in [2.24, 2.45) is 0 Å². The number of carbonyl (C=O) groups is 1. The maximum atomic E-state index is 11.6. The average molecular weight is 298 g/mol. The molecule has 1 aliphatic heterocycles. The fourth-order valence-corrected chi connectivity index (χ4v) is 4.82. The second kappa shape index (κ2) is 4.91. The number of hydrogen-bond donors (Lipinski definition) is 1. The minimum Gasteiger partial charge on any atom is -0.478 e. The molecule has 3 rings (SSSR count). The van der Waals surface area contributed by atoms with Gasteiger partial charge in [-0.25, -0.2) is 13.2 Å². The van der Waals surface area contributed by atoms with E-state index < -0.39 is 15.8 Å². The van der Waals surface area contributed by atoms with E-state index in [1.165, 1.54) is 12.8 Å². The van der Waals surface area contributed by atoms with Gasteiger partial charge in [0.05, 0.1) is 5.75 Å². The first-order valence-electron chi connectivity index (χ1n) is 7.06. The molecular weight excluding hydrogens is 280 g/mol. The molecule has 20 heavy (non-hydrogen) atoms. The number of hydrogen-bond acceptors (Lipinski definition) is 4. The molecule has 0 atom stereocenters. The van der Waals surface area contributed by atoms with Gasteiger partial charge in [0.2, 0.25) is 0 Å². The highest BCUT2D eigenvalue weighted by Gasteiger charge is 2.37. The SMILES string of the molecule is O=C(O)c1c(C2CCCCCC2)oc2c1CS(=O)(=O)C2. The first kappa shape index (κ1) is 13.7. The van der Waals surface area contributed by atoms with Gasteiger partial charge in [-0.3, -0.25) is 0 Å². The summed E-state index contributed by atoms with van der Waals surface area (Å²) in [4.78, 5) is 11.5. The van der Waals surface area contributed by atoms with Crippen LogP contribution in [0.2, 0.25) is 0 Å². The fourth-order valence-electron chi connectivity index (χ4n) is 3.34. The van der Waals surface area contributed by atoms with Crippen molar-refractivity contribution in [3.05, 3.63) is 22.6 Å². The minimum absolute atomic E-state index is 0.118. The van der Waals surface area contributed by atoms with E-state index in [9.17, 15) is 18.3 Å². The Morgan fingerprint density at radius 2 is 1.75 bits per heavy atom. The number of sulfone groups is 1. The van der Waals surface area contributed by atoms with Crippen molar-refractivity contribution in [1.82, 2.24) is 0 Å². The summed E-state index contributed by atoms with van der Waals surface area (Å²) in [5.41, 5.74) is 0.504. The lowest BCUT2D eigenvalue weighted by molar-refractivity contribution is 0.0692. The topological polar surface area (TPSA) is 84.6 Å². The Morgan fingerprint density at radius 1 is 1.10 bits per heavy atom. The summed E-state index contributed by atoms with van der Waals surface area (Å²) in [5, 5.41) is 9.44. The number of rotatable bonds is 2. The summed E-state index contributed by atoms with van der Waals surface area (Å²) in [5.74, 6) is -0.431. The molecule has 110 valence electrons. The van der Waals surface area contributed by atoms with Crippen LogP contribution in [-0.4, -0.2) is 19.5 Å². The van der Waals surface area contributed by atoms with Crippen LogP contribution < -0.4 is 0 Å². The first-order chi connectivity index (χ1) is 9.48. The molecule has 1 aliphatic carbocycles. The molecule has 1 aromatic heterocycles. The van der Waals surface area contributed by atoms with Gasteiger partial charge in [-0.1, -0.05) is 25.7 Å². The first-order valence-corrected chi connectivity index (χ1v) is 8.88. The maximum Gasteiger partial charge on any atom is 0.339 e. The number of carboxylic acids is 1. The molecule has 2 aliphatic rings. The lowest BCUT2D eigenvalue weighted by Crippen LogP contribution is -2.08. The molecule has 0 bridgehead atoms. The molecule has 5 nitrogen and oxygen atoms in total. The third-order valence-electron chi connectivity index (χ3n) is 4.27. The third-order valence-corrected chi connectivity index (χ3v) is 5.70. The molecule has 0 spiro atoms. The molecule has 0 amide bonds. The van der Waals surface area contributed by atoms with Gasteiger partial charge < -0.3 is 9.52 Å². The molecule has 1 aromatic rings. The van der Waals surface area contributed by atoms with Crippen LogP contribution in [0.25, 0.3) is 0 Å². The number of aromatic carboxylic acids is 1. The highest BCUT2D eigenvalue weighted by atomic mass is 32.2. The molecule has 0 aromatic carbocycles. The smallest absolute Gasteiger partial charge is 0.339 e. The van der Waals surface area contributed by atoms with E-state index in [2.05, 4.69) is 0 Å². The molecule has 0 unspecified atom stereocenters. The Kier molecular flexibility index (Phi) is 3.36. The van der Waals surface area contributed by atoms with Gasteiger partial charge in [0, 0.05) is 11.5 Å². The van der Waals surface area contributed by atoms with E-state index in [1.54, 1.807) is 0 Å². The third kappa shape index (κ3) is 2.37. The van der Waals surface area contributed by atoms with Crippen LogP contribution in [0.15, 0.2) is 4.42 Å². The van der Waals surface area contributed by atoms with E-state index >= 15 is 0 Å². The molecule has 6 heteroatoms. The molecule has 0 saturated heterocycles. The van der Waals surface area contributed by atoms with Crippen LogP contribution in [0.5, 0.6) is 0 Å². The van der Waals surface area contributed by atoms with Crippen LogP contribution in [0.4, 0.5) is 0 Å². The van der Waals surface area contributed by atoms with E-state index in [0.29, 0.717) is 17.1 Å². The van der Waals surface area contributed by atoms with E-state index in [-0.39, 0.29) is 23.0 Å². The molecule has 1 fully saturated rings. The monoisotopic (exact) mass is 298 g/mol. The molecule has 1 N–H and O–H groups in total. The van der Waals surface area contributed by atoms with Crippen LogP contribution in [0.1, 0.15) is 71.9 Å². The van der Waals surface area contributed by atoms with E-state index in [0.717, 1.165) is 25.7 Å². The van der Waals surface area contributed by atoms with E-state index in [4.69, 9.17) is 4.42 Å². The van der Waals surface area contributed by atoms with Crippen LogP contribution in [-0.2, 0) is 21.3 Å². The number of carboxylic acid groups (broad SMARTS) is 1. The summed E-state index contributed by atoms with van der Waals surface area (Å²) in [7, 11) is -3.23. The zero-order valence-electron chi connectivity index (χ0n) is 11.2. The van der Waals surface area contributed by atoms with E-state index in [1.807, 2.05) is 0 Å². The molecular formula is C14H18O5S. The quantitative estimate of drug-likeness (QED) is 0.849. The Balaban J connectivity index is 2.02. The summed E-state index contributed by atoms with van der Waals surface area (Å²) >= 11 is 0. The highest BCUT2D eigenvalue weighted by molar-refractivity contribution is 7.90. The molecule has 1 saturated carbocycles. The Hall–Kier alpha value is -1.30. The maximum absolute atomic E-state index is 11.6. The second-order valence-electron chi connectivity index (χ2n) is 5.77. The lowest BCUT2D eigenvalue weighted by atomic mass is 9.93. The van der Waals surface area contributed by atoms with Crippen LogP contribution in [0.3, 0.4) is 0 Å². The molecule has 0 radical (unpaired) electrons. The van der Waals surface area contributed by atoms with Gasteiger partial charge in [-0.05, 0) is 12.8 Å². The number of furan rings is 1. The van der Waals surface area contributed by atoms with Crippen molar-refractivity contribution in [2.45, 2.75) is 55.9 Å². The van der Waals surface area contributed by atoms with Crippen molar-refractivity contribution in [2.75, 3.05) is 0 Å². The average Bonchev–Trinajstić information content (AvgIpc) is 2.70. The van der Waals surface area contributed by atoms with Crippen molar-refractivity contribution in [3.8, 4) is 0 Å². The van der Waals surface area contributed by atoms with Crippen LogP contribution in [0, 0.1) is 0 Å². The summed E-state index contributed by atoms with van der Waals surface area (Å²) < 4.78 is 28.9. The normalized spacial score (nSPS) is 22.4. The predicted molar refractivity (Wildman–Crippen MR) is 72.4 cm³/mol.